The Morgan fingerprint density at radius 1 is 0.283 bits per heavy atom. The minimum atomic E-state index is 0.916. The van der Waals surface area contributed by atoms with Gasteiger partial charge in [0.1, 0.15) is 11.2 Å². The van der Waals surface area contributed by atoms with E-state index in [9.17, 15) is 0 Å². The highest BCUT2D eigenvalue weighted by Crippen LogP contribution is 2.49. The van der Waals surface area contributed by atoms with Crippen molar-refractivity contribution in [1.29, 1.82) is 0 Å². The smallest absolute Gasteiger partial charge is 0.136 e. The number of rotatable bonds is 3. The molecule has 0 bridgehead atoms. The first-order valence-corrected chi connectivity index (χ1v) is 18.2. The van der Waals surface area contributed by atoms with Gasteiger partial charge in [-0.1, -0.05) is 121 Å². The first kappa shape index (κ1) is 28.6. The maximum absolute atomic E-state index is 6.39. The Hall–Kier alpha value is -7.03. The normalized spacial score (nSPS) is 12.2. The molecular weight excluding hydrogens is 643 g/mol. The fourth-order valence-corrected chi connectivity index (χ4v) is 9.03. The van der Waals surface area contributed by atoms with Crippen LogP contribution in [0.5, 0.6) is 0 Å². The minimum Gasteiger partial charge on any atom is -0.456 e. The van der Waals surface area contributed by atoms with E-state index < -0.39 is 0 Å². The maximum atomic E-state index is 6.39. The number of nitrogens with zero attached hydrogens (tertiary/aromatic N) is 1. The maximum Gasteiger partial charge on any atom is 0.136 e. The lowest BCUT2D eigenvalue weighted by Gasteiger charge is -2.14. The summed E-state index contributed by atoms with van der Waals surface area (Å²) < 4.78 is 6.39. The Bertz CT molecular complexity index is 3290. The Morgan fingerprint density at radius 2 is 0.830 bits per heavy atom. The monoisotopic (exact) mass is 671 g/mol. The highest BCUT2D eigenvalue weighted by atomic mass is 16.3. The average Bonchev–Trinajstić information content (AvgIpc) is 3.76. The molecule has 9 aromatic carbocycles. The molecule has 1 aliphatic carbocycles. The fourth-order valence-electron chi connectivity index (χ4n) is 9.03. The molecule has 0 aliphatic heterocycles. The van der Waals surface area contributed by atoms with Crippen LogP contribution < -0.4 is 0 Å². The Labute approximate surface area is 305 Å². The zero-order valence-corrected chi connectivity index (χ0v) is 28.6. The predicted molar refractivity (Wildman–Crippen MR) is 222 cm³/mol. The molecule has 0 saturated heterocycles. The molecule has 244 valence electrons. The van der Waals surface area contributed by atoms with E-state index in [4.69, 9.17) is 4.42 Å². The van der Waals surface area contributed by atoms with E-state index in [-0.39, 0.29) is 0 Å². The Morgan fingerprint density at radius 3 is 1.58 bits per heavy atom. The van der Waals surface area contributed by atoms with Gasteiger partial charge in [-0.15, -0.1) is 0 Å². The molecule has 0 radical (unpaired) electrons. The third-order valence-electron chi connectivity index (χ3n) is 11.5. The molecule has 2 aromatic heterocycles. The molecule has 0 unspecified atom stereocenters. The van der Waals surface area contributed by atoms with Gasteiger partial charge in [0, 0.05) is 23.2 Å². The van der Waals surface area contributed by atoms with Crippen LogP contribution in [0, 0.1) is 0 Å². The van der Waals surface area contributed by atoms with Crippen molar-refractivity contribution in [3.8, 4) is 55.6 Å². The molecule has 53 heavy (non-hydrogen) atoms. The van der Waals surface area contributed by atoms with Crippen molar-refractivity contribution in [3.63, 3.8) is 0 Å². The van der Waals surface area contributed by atoms with E-state index in [0.29, 0.717) is 0 Å². The van der Waals surface area contributed by atoms with Crippen LogP contribution in [0.25, 0.3) is 121 Å². The van der Waals surface area contributed by atoms with Gasteiger partial charge in [0.25, 0.3) is 0 Å². The summed E-state index contributed by atoms with van der Waals surface area (Å²) in [6, 6.07) is 60.1. The van der Waals surface area contributed by atoms with Crippen LogP contribution in [0.3, 0.4) is 0 Å². The largest absolute Gasteiger partial charge is 0.456 e. The number of fused-ring (bicyclic) bond motifs is 12. The van der Waals surface area contributed by atoms with Crippen molar-refractivity contribution in [2.24, 2.45) is 0 Å². The number of hydrogen-bond donors (Lipinski definition) is 0. The summed E-state index contributed by atoms with van der Waals surface area (Å²) in [6.07, 6.45) is 3.73. The number of furan rings is 1. The van der Waals surface area contributed by atoms with E-state index in [1.165, 1.54) is 93.2 Å². The van der Waals surface area contributed by atoms with Crippen LogP contribution in [-0.2, 0) is 0 Å². The quantitative estimate of drug-likeness (QED) is 0.175. The minimum absolute atomic E-state index is 0.916. The summed E-state index contributed by atoms with van der Waals surface area (Å²) in [5.41, 5.74) is 14.4. The molecule has 2 heteroatoms. The second-order valence-electron chi connectivity index (χ2n) is 14.3. The van der Waals surface area contributed by atoms with Crippen LogP contribution >= 0.6 is 0 Å². The molecule has 0 N–H and O–H groups in total. The van der Waals surface area contributed by atoms with Crippen LogP contribution in [0.15, 0.2) is 181 Å². The summed E-state index contributed by atoms with van der Waals surface area (Å²) in [7, 11) is 0. The molecule has 2 nitrogen and oxygen atoms in total. The molecule has 2 heterocycles. The Kier molecular flexibility index (Phi) is 5.80. The first-order valence-electron chi connectivity index (χ1n) is 18.2. The van der Waals surface area contributed by atoms with Crippen LogP contribution in [-0.4, -0.2) is 4.98 Å². The lowest BCUT2D eigenvalue weighted by molar-refractivity contribution is 0.669. The molecule has 0 fully saturated rings. The topological polar surface area (TPSA) is 26.0 Å². The molecule has 12 rings (SSSR count). The van der Waals surface area contributed by atoms with Gasteiger partial charge in [0.2, 0.25) is 0 Å². The van der Waals surface area contributed by atoms with E-state index in [1.807, 2.05) is 18.5 Å². The average molecular weight is 672 g/mol. The number of pyridine rings is 1. The van der Waals surface area contributed by atoms with Gasteiger partial charge in [-0.3, -0.25) is 4.98 Å². The van der Waals surface area contributed by atoms with E-state index >= 15 is 0 Å². The van der Waals surface area contributed by atoms with Crippen molar-refractivity contribution in [2.45, 2.75) is 0 Å². The number of aromatic nitrogens is 1. The predicted octanol–water partition coefficient (Wildman–Crippen LogP) is 14.2. The Balaban J connectivity index is 1.04. The van der Waals surface area contributed by atoms with Gasteiger partial charge >= 0.3 is 0 Å². The molecule has 0 atom stereocenters. The first-order chi connectivity index (χ1) is 26.3. The third-order valence-corrected chi connectivity index (χ3v) is 11.5. The summed E-state index contributed by atoms with van der Waals surface area (Å²) in [5.74, 6) is 0. The third kappa shape index (κ3) is 4.12. The molecule has 11 aromatic rings. The van der Waals surface area contributed by atoms with Crippen molar-refractivity contribution in [2.75, 3.05) is 0 Å². The number of hydrogen-bond acceptors (Lipinski definition) is 2. The van der Waals surface area contributed by atoms with Crippen molar-refractivity contribution in [1.82, 2.24) is 4.98 Å². The summed E-state index contributed by atoms with van der Waals surface area (Å²) >= 11 is 0. The van der Waals surface area contributed by atoms with Crippen LogP contribution in [0.1, 0.15) is 0 Å². The van der Waals surface area contributed by atoms with Gasteiger partial charge in [-0.25, -0.2) is 0 Å². The number of benzene rings is 9. The second-order valence-corrected chi connectivity index (χ2v) is 14.3. The highest BCUT2D eigenvalue weighted by Gasteiger charge is 2.22. The molecular formula is C51H29NO. The van der Waals surface area contributed by atoms with Crippen molar-refractivity contribution in [3.05, 3.63) is 176 Å². The molecule has 0 saturated carbocycles. The van der Waals surface area contributed by atoms with Crippen LogP contribution in [0.4, 0.5) is 0 Å². The molecule has 0 spiro atoms. The highest BCUT2D eigenvalue weighted by molar-refractivity contribution is 6.29. The van der Waals surface area contributed by atoms with E-state index in [2.05, 4.69) is 163 Å². The standard InChI is InChI=1S/C51H29NO/c1-2-7-37-36(6-1)42-10-5-9-41-35(20-21-43(37)51(41)42)32-14-12-30(13-15-32)33-16-19-39-45(26-33)44-27-34(31-22-24-52-25-23-31)17-18-38(44)46-28-48-40-8-3-4-11-49(40)53-50(48)29-47(39)46/h1-29H. The zero-order chi connectivity index (χ0) is 34.6. The lowest BCUT2D eigenvalue weighted by Crippen LogP contribution is -1.88. The van der Waals surface area contributed by atoms with E-state index in [1.54, 1.807) is 0 Å². The lowest BCUT2D eigenvalue weighted by atomic mass is 9.89. The van der Waals surface area contributed by atoms with Gasteiger partial charge in [0.15, 0.2) is 0 Å². The SMILES string of the molecule is c1ccc2c(c1)-c1cccc3c(-c4ccc(-c5ccc6c(c5)c5cc(-c7ccncc7)ccc5c5cc7c(cc65)oc5ccccc57)cc4)ccc-2c13. The van der Waals surface area contributed by atoms with Crippen LogP contribution in [0.2, 0.25) is 0 Å². The van der Waals surface area contributed by atoms with Gasteiger partial charge in [0.05, 0.1) is 0 Å². The van der Waals surface area contributed by atoms with Gasteiger partial charge in [-0.05, 0) is 141 Å². The summed E-state index contributed by atoms with van der Waals surface area (Å²) in [4.78, 5) is 4.27. The van der Waals surface area contributed by atoms with Crippen molar-refractivity contribution >= 4 is 65.0 Å². The number of para-hydroxylation sites is 1. The second kappa shape index (κ2) is 10.7. The fraction of sp³-hybridized carbons (Fsp3) is 0. The molecule has 1 aliphatic rings. The molecule has 0 amide bonds. The summed E-state index contributed by atoms with van der Waals surface area (Å²) in [6.45, 7) is 0. The van der Waals surface area contributed by atoms with Gasteiger partial charge < -0.3 is 4.42 Å². The van der Waals surface area contributed by atoms with E-state index in [0.717, 1.165) is 27.5 Å². The summed E-state index contributed by atoms with van der Waals surface area (Å²) in [5, 5.41) is 12.3. The van der Waals surface area contributed by atoms with Gasteiger partial charge in [-0.2, -0.15) is 0 Å². The zero-order valence-electron chi connectivity index (χ0n) is 28.6. The van der Waals surface area contributed by atoms with Crippen molar-refractivity contribution < 1.29 is 4.42 Å².